The maximum Gasteiger partial charge on any atom is 0.222 e. The Bertz CT molecular complexity index is 424. The summed E-state index contributed by atoms with van der Waals surface area (Å²) in [5, 5.41) is 3.41. The van der Waals surface area contributed by atoms with E-state index < -0.39 is 0 Å². The summed E-state index contributed by atoms with van der Waals surface area (Å²) in [6.45, 7) is 1.01. The van der Waals surface area contributed by atoms with Gasteiger partial charge in [0.2, 0.25) is 5.95 Å². The zero-order chi connectivity index (χ0) is 12.4. The molecule has 0 spiro atoms. The molecule has 1 saturated carbocycles. The van der Waals surface area contributed by atoms with Gasteiger partial charge in [-0.25, -0.2) is 4.98 Å². The fraction of sp³-hybridized carbons (Fsp3) is 0.714. The first-order chi connectivity index (χ1) is 8.84. The van der Waals surface area contributed by atoms with E-state index in [0.29, 0.717) is 11.9 Å². The minimum Gasteiger partial charge on any atom is -0.370 e. The topological polar surface area (TPSA) is 63.8 Å². The molecule has 0 atom stereocenters. The third-order valence-corrected chi connectivity index (χ3v) is 4.19. The van der Waals surface area contributed by atoms with Gasteiger partial charge in [0.1, 0.15) is 5.82 Å². The maximum absolute atomic E-state index is 5.88. The molecule has 2 aliphatic rings. The first-order valence-corrected chi connectivity index (χ1v) is 7.25. The second-order valence-electron chi connectivity index (χ2n) is 5.51. The van der Waals surface area contributed by atoms with Gasteiger partial charge in [-0.1, -0.05) is 19.3 Å². The SMILES string of the molecule is Nc1nc2c(c(C3CCCCC3)n1)CCCCN2. The zero-order valence-corrected chi connectivity index (χ0v) is 10.9. The number of rotatable bonds is 1. The van der Waals surface area contributed by atoms with Crippen LogP contribution >= 0.6 is 0 Å². The quantitative estimate of drug-likeness (QED) is 0.799. The first kappa shape index (κ1) is 11.8. The van der Waals surface area contributed by atoms with Crippen molar-refractivity contribution in [1.82, 2.24) is 9.97 Å². The molecule has 0 radical (unpaired) electrons. The van der Waals surface area contributed by atoms with Crippen LogP contribution in [0.4, 0.5) is 11.8 Å². The summed E-state index contributed by atoms with van der Waals surface area (Å²) >= 11 is 0. The minimum absolute atomic E-state index is 0.434. The van der Waals surface area contributed by atoms with Crippen LogP contribution < -0.4 is 11.1 Å². The van der Waals surface area contributed by atoms with Crippen molar-refractivity contribution >= 4 is 11.8 Å². The van der Waals surface area contributed by atoms with Gasteiger partial charge < -0.3 is 11.1 Å². The molecule has 98 valence electrons. The average molecular weight is 246 g/mol. The first-order valence-electron chi connectivity index (χ1n) is 7.25. The molecule has 1 aromatic rings. The van der Waals surface area contributed by atoms with Crippen LogP contribution in [0.5, 0.6) is 0 Å². The number of nitrogen functional groups attached to an aromatic ring is 1. The number of nitrogens with two attached hydrogens (primary N) is 1. The van der Waals surface area contributed by atoms with E-state index in [1.165, 1.54) is 56.2 Å². The standard InChI is InChI=1S/C14H22N4/c15-14-17-12(10-6-2-1-3-7-10)11-8-4-5-9-16-13(11)18-14/h10H,1-9H2,(H3,15,16,17,18). The fourth-order valence-corrected chi connectivity index (χ4v) is 3.26. The third-order valence-electron chi connectivity index (χ3n) is 4.19. The van der Waals surface area contributed by atoms with Crippen LogP contribution in [0.3, 0.4) is 0 Å². The van der Waals surface area contributed by atoms with E-state index in [-0.39, 0.29) is 0 Å². The molecular formula is C14H22N4. The molecule has 2 heterocycles. The van der Waals surface area contributed by atoms with Crippen molar-refractivity contribution in [3.63, 3.8) is 0 Å². The Hall–Kier alpha value is -1.32. The highest BCUT2D eigenvalue weighted by molar-refractivity contribution is 5.51. The van der Waals surface area contributed by atoms with Crippen LogP contribution in [0, 0.1) is 0 Å². The Labute approximate surface area is 108 Å². The minimum atomic E-state index is 0.434. The van der Waals surface area contributed by atoms with Crippen molar-refractivity contribution in [1.29, 1.82) is 0 Å². The van der Waals surface area contributed by atoms with Crippen molar-refractivity contribution in [3.8, 4) is 0 Å². The molecule has 4 heteroatoms. The molecule has 1 fully saturated rings. The van der Waals surface area contributed by atoms with Crippen LogP contribution in [-0.2, 0) is 6.42 Å². The Balaban J connectivity index is 1.98. The Morgan fingerprint density at radius 3 is 2.67 bits per heavy atom. The summed E-state index contributed by atoms with van der Waals surface area (Å²) in [4.78, 5) is 8.96. The second kappa shape index (κ2) is 5.12. The van der Waals surface area contributed by atoms with Crippen LogP contribution in [0.15, 0.2) is 0 Å². The summed E-state index contributed by atoms with van der Waals surface area (Å²) in [6, 6.07) is 0. The van der Waals surface area contributed by atoms with Gasteiger partial charge >= 0.3 is 0 Å². The molecule has 1 aromatic heterocycles. The normalized spacial score (nSPS) is 20.9. The van der Waals surface area contributed by atoms with Gasteiger partial charge in [-0.15, -0.1) is 0 Å². The Kier molecular flexibility index (Phi) is 3.35. The van der Waals surface area contributed by atoms with Gasteiger partial charge in [0.25, 0.3) is 0 Å². The molecule has 1 aliphatic carbocycles. The van der Waals surface area contributed by atoms with E-state index in [2.05, 4.69) is 15.3 Å². The van der Waals surface area contributed by atoms with Crippen molar-refractivity contribution in [2.75, 3.05) is 17.6 Å². The van der Waals surface area contributed by atoms with E-state index >= 15 is 0 Å². The third kappa shape index (κ3) is 2.28. The highest BCUT2D eigenvalue weighted by Crippen LogP contribution is 2.36. The molecule has 0 unspecified atom stereocenters. The molecule has 0 saturated heterocycles. The predicted molar refractivity (Wildman–Crippen MR) is 73.7 cm³/mol. The van der Waals surface area contributed by atoms with Crippen LogP contribution in [0.25, 0.3) is 0 Å². The van der Waals surface area contributed by atoms with Crippen LogP contribution in [0.1, 0.15) is 62.1 Å². The Morgan fingerprint density at radius 2 is 1.83 bits per heavy atom. The Morgan fingerprint density at radius 1 is 1.00 bits per heavy atom. The van der Waals surface area contributed by atoms with Crippen molar-refractivity contribution in [2.24, 2.45) is 0 Å². The zero-order valence-electron chi connectivity index (χ0n) is 10.9. The smallest absolute Gasteiger partial charge is 0.222 e. The summed E-state index contributed by atoms with van der Waals surface area (Å²) in [5.41, 5.74) is 8.46. The number of anilines is 2. The van der Waals surface area contributed by atoms with E-state index in [9.17, 15) is 0 Å². The van der Waals surface area contributed by atoms with Crippen LogP contribution in [0.2, 0.25) is 0 Å². The molecule has 4 nitrogen and oxygen atoms in total. The molecule has 0 amide bonds. The highest BCUT2D eigenvalue weighted by atomic mass is 15.1. The number of nitrogens with zero attached hydrogens (tertiary/aromatic N) is 2. The summed E-state index contributed by atoms with van der Waals surface area (Å²) in [5.74, 6) is 2.04. The summed E-state index contributed by atoms with van der Waals surface area (Å²) < 4.78 is 0. The number of hydrogen-bond donors (Lipinski definition) is 2. The van der Waals surface area contributed by atoms with Gasteiger partial charge in [-0.05, 0) is 32.1 Å². The fourth-order valence-electron chi connectivity index (χ4n) is 3.26. The largest absolute Gasteiger partial charge is 0.370 e. The molecule has 1 aliphatic heterocycles. The molecular weight excluding hydrogens is 224 g/mol. The lowest BCUT2D eigenvalue weighted by Gasteiger charge is -2.24. The lowest BCUT2D eigenvalue weighted by atomic mass is 9.84. The monoisotopic (exact) mass is 246 g/mol. The predicted octanol–water partition coefficient (Wildman–Crippen LogP) is 2.85. The number of nitrogens with one attached hydrogen (secondary N) is 1. The molecule has 18 heavy (non-hydrogen) atoms. The lowest BCUT2D eigenvalue weighted by molar-refractivity contribution is 0.434. The average Bonchev–Trinajstić information content (AvgIpc) is 2.64. The molecule has 3 rings (SSSR count). The molecule has 0 bridgehead atoms. The number of aromatic nitrogens is 2. The summed E-state index contributed by atoms with van der Waals surface area (Å²) in [6.07, 6.45) is 10.1. The van der Waals surface area contributed by atoms with E-state index in [1.807, 2.05) is 0 Å². The van der Waals surface area contributed by atoms with Gasteiger partial charge in [0.05, 0.1) is 5.69 Å². The van der Waals surface area contributed by atoms with Crippen molar-refractivity contribution < 1.29 is 0 Å². The second-order valence-corrected chi connectivity index (χ2v) is 5.51. The molecule has 3 N–H and O–H groups in total. The van der Waals surface area contributed by atoms with Gasteiger partial charge in [-0.2, -0.15) is 4.98 Å². The van der Waals surface area contributed by atoms with Gasteiger partial charge in [0.15, 0.2) is 0 Å². The van der Waals surface area contributed by atoms with Crippen molar-refractivity contribution in [3.05, 3.63) is 11.3 Å². The number of hydrogen-bond acceptors (Lipinski definition) is 4. The molecule has 0 aromatic carbocycles. The summed E-state index contributed by atoms with van der Waals surface area (Å²) in [7, 11) is 0. The van der Waals surface area contributed by atoms with E-state index in [4.69, 9.17) is 5.73 Å². The lowest BCUT2D eigenvalue weighted by Crippen LogP contribution is -2.14. The van der Waals surface area contributed by atoms with Crippen LogP contribution in [-0.4, -0.2) is 16.5 Å². The van der Waals surface area contributed by atoms with Gasteiger partial charge in [-0.3, -0.25) is 0 Å². The maximum atomic E-state index is 5.88. The van der Waals surface area contributed by atoms with Gasteiger partial charge in [0, 0.05) is 18.0 Å². The highest BCUT2D eigenvalue weighted by Gasteiger charge is 2.23. The van der Waals surface area contributed by atoms with E-state index in [0.717, 1.165) is 18.8 Å². The van der Waals surface area contributed by atoms with E-state index in [1.54, 1.807) is 0 Å². The number of fused-ring (bicyclic) bond motifs is 1. The van der Waals surface area contributed by atoms with Crippen molar-refractivity contribution in [2.45, 2.75) is 57.3 Å².